The molecule has 1 amide bonds. The number of nitrogens with two attached hydrogens (primary N) is 1. The highest BCUT2D eigenvalue weighted by Gasteiger charge is 2.41. The van der Waals surface area contributed by atoms with Gasteiger partial charge in [0.05, 0.1) is 30.3 Å². The van der Waals surface area contributed by atoms with E-state index in [1.165, 1.54) is 0 Å². The smallest absolute Gasteiger partial charge is 0.404 e. The number of aliphatic hydroxyl groups excluding tert-OH is 4. The number of aliphatic hydroxyl groups is 4. The molecule has 0 aromatic rings. The molecule has 42 heavy (non-hydrogen) atoms. The van der Waals surface area contributed by atoms with E-state index in [0.717, 1.165) is 5.57 Å². The molecule has 240 valence electrons. The predicted octanol–water partition coefficient (Wildman–Crippen LogP) is 4.30. The van der Waals surface area contributed by atoms with E-state index in [2.05, 4.69) is 6.58 Å². The fraction of sp³-hybridized carbons (Fsp3) is 0.697. The van der Waals surface area contributed by atoms with E-state index in [1.807, 2.05) is 53.7 Å². The van der Waals surface area contributed by atoms with Gasteiger partial charge >= 0.3 is 12.1 Å². The maximum absolute atomic E-state index is 12.0. The molecule has 9 nitrogen and oxygen atoms in total. The molecule has 1 aliphatic rings. The Morgan fingerprint density at radius 2 is 1.64 bits per heavy atom. The van der Waals surface area contributed by atoms with Gasteiger partial charge in [-0.25, -0.2) is 4.79 Å². The van der Waals surface area contributed by atoms with E-state index >= 15 is 0 Å². The summed E-state index contributed by atoms with van der Waals surface area (Å²) in [6, 6.07) is 0. The van der Waals surface area contributed by atoms with Crippen LogP contribution < -0.4 is 5.73 Å². The van der Waals surface area contributed by atoms with E-state index in [-0.39, 0.29) is 41.9 Å². The van der Waals surface area contributed by atoms with Crippen LogP contribution in [-0.2, 0) is 14.3 Å². The van der Waals surface area contributed by atoms with Crippen LogP contribution in [0, 0.1) is 41.4 Å². The third-order valence-corrected chi connectivity index (χ3v) is 8.62. The number of hydrogen-bond donors (Lipinski definition) is 5. The van der Waals surface area contributed by atoms with Crippen molar-refractivity contribution in [2.45, 2.75) is 105 Å². The van der Waals surface area contributed by atoms with Gasteiger partial charge in [0.2, 0.25) is 0 Å². The van der Waals surface area contributed by atoms with Crippen molar-refractivity contribution in [1.82, 2.24) is 0 Å². The molecule has 0 saturated carbocycles. The van der Waals surface area contributed by atoms with Crippen LogP contribution in [0.25, 0.3) is 0 Å². The number of hydrogen-bond acceptors (Lipinski definition) is 8. The van der Waals surface area contributed by atoms with Gasteiger partial charge in [-0.05, 0) is 26.2 Å². The zero-order valence-electron chi connectivity index (χ0n) is 26.6. The molecule has 0 aromatic carbocycles. The van der Waals surface area contributed by atoms with Crippen LogP contribution >= 0.6 is 0 Å². The molecule has 0 aromatic heterocycles. The maximum atomic E-state index is 12.0. The largest absolute Gasteiger partial charge is 0.462 e. The quantitative estimate of drug-likeness (QED) is 0.101. The van der Waals surface area contributed by atoms with Gasteiger partial charge in [-0.1, -0.05) is 90.2 Å². The number of esters is 1. The van der Waals surface area contributed by atoms with E-state index in [1.54, 1.807) is 38.2 Å². The highest BCUT2D eigenvalue weighted by atomic mass is 16.6. The zero-order valence-corrected chi connectivity index (χ0v) is 26.6. The lowest BCUT2D eigenvalue weighted by Crippen LogP contribution is -2.47. The van der Waals surface area contributed by atoms with E-state index < -0.39 is 54.6 Å². The topological polar surface area (TPSA) is 160 Å². The van der Waals surface area contributed by atoms with Crippen molar-refractivity contribution in [3.8, 4) is 0 Å². The van der Waals surface area contributed by atoms with Gasteiger partial charge in [0.1, 0.15) is 12.2 Å². The number of cyclic esters (lactones) is 1. The minimum Gasteiger partial charge on any atom is -0.462 e. The van der Waals surface area contributed by atoms with E-state index in [0.29, 0.717) is 6.42 Å². The van der Waals surface area contributed by atoms with E-state index in [9.17, 15) is 30.0 Å². The van der Waals surface area contributed by atoms with Crippen molar-refractivity contribution >= 4 is 12.1 Å². The predicted molar refractivity (Wildman–Crippen MR) is 164 cm³/mol. The van der Waals surface area contributed by atoms with Gasteiger partial charge in [-0.15, -0.1) is 0 Å². The van der Waals surface area contributed by atoms with E-state index in [4.69, 9.17) is 15.2 Å². The van der Waals surface area contributed by atoms with Gasteiger partial charge in [-0.3, -0.25) is 4.79 Å². The molecule has 0 bridgehead atoms. The number of rotatable bonds is 16. The normalized spacial score (nSPS) is 28.3. The lowest BCUT2D eigenvalue weighted by atomic mass is 9.81. The number of amides is 1. The second-order valence-electron chi connectivity index (χ2n) is 12.4. The molecule has 1 saturated heterocycles. The fourth-order valence-electron chi connectivity index (χ4n) is 5.80. The molecule has 1 aliphatic heterocycles. The Labute approximate surface area is 252 Å². The Kier molecular flexibility index (Phi) is 15.7. The summed E-state index contributed by atoms with van der Waals surface area (Å²) in [5, 5.41) is 42.8. The van der Waals surface area contributed by atoms with Gasteiger partial charge in [0.15, 0.2) is 0 Å². The van der Waals surface area contributed by atoms with Crippen LogP contribution in [0.4, 0.5) is 4.79 Å². The van der Waals surface area contributed by atoms with Crippen molar-refractivity contribution in [1.29, 1.82) is 0 Å². The molecule has 0 spiro atoms. The Morgan fingerprint density at radius 3 is 2.21 bits per heavy atom. The summed E-state index contributed by atoms with van der Waals surface area (Å²) in [5.41, 5.74) is 6.30. The lowest BCUT2D eigenvalue weighted by molar-refractivity contribution is -0.179. The number of carbonyl (C=O) groups excluding carboxylic acids is 2. The van der Waals surface area contributed by atoms with Crippen molar-refractivity contribution in [3.63, 3.8) is 0 Å². The first kappa shape index (κ1) is 37.6. The summed E-state index contributed by atoms with van der Waals surface area (Å²) in [4.78, 5) is 23.5. The summed E-state index contributed by atoms with van der Waals surface area (Å²) >= 11 is 0. The van der Waals surface area contributed by atoms with Crippen molar-refractivity contribution in [2.75, 3.05) is 0 Å². The zero-order chi connectivity index (χ0) is 32.3. The van der Waals surface area contributed by atoms with Crippen molar-refractivity contribution in [2.24, 2.45) is 47.2 Å². The Bertz CT molecular complexity index is 962. The molecular formula is C33H55NO8. The number of ether oxygens (including phenoxy) is 2. The first-order chi connectivity index (χ1) is 19.5. The second-order valence-corrected chi connectivity index (χ2v) is 12.4. The van der Waals surface area contributed by atoms with Crippen LogP contribution in [0.5, 0.6) is 0 Å². The fourth-order valence-corrected chi connectivity index (χ4v) is 5.80. The van der Waals surface area contributed by atoms with Crippen LogP contribution in [0.15, 0.2) is 48.6 Å². The second kappa shape index (κ2) is 17.6. The Hall–Kier alpha value is -2.46. The molecule has 1 rings (SSSR count). The van der Waals surface area contributed by atoms with Crippen LogP contribution in [0.3, 0.4) is 0 Å². The molecular weight excluding hydrogens is 538 g/mol. The average Bonchev–Trinajstić information content (AvgIpc) is 2.93. The first-order valence-corrected chi connectivity index (χ1v) is 15.0. The van der Waals surface area contributed by atoms with Gasteiger partial charge in [0, 0.05) is 36.0 Å². The molecule has 1 heterocycles. The van der Waals surface area contributed by atoms with Crippen molar-refractivity contribution in [3.05, 3.63) is 48.6 Å². The summed E-state index contributed by atoms with van der Waals surface area (Å²) in [6.45, 7) is 18.5. The average molecular weight is 594 g/mol. The molecule has 0 aliphatic carbocycles. The van der Waals surface area contributed by atoms with Gasteiger partial charge in [0.25, 0.3) is 0 Å². The van der Waals surface area contributed by atoms with Crippen LogP contribution in [0.2, 0.25) is 0 Å². The van der Waals surface area contributed by atoms with Gasteiger partial charge < -0.3 is 35.6 Å². The highest BCUT2D eigenvalue weighted by Crippen LogP contribution is 2.30. The summed E-state index contributed by atoms with van der Waals surface area (Å²) < 4.78 is 10.8. The molecule has 9 heteroatoms. The SMILES string of the molecule is C=C/C=C\[C@H](C)[C@H](OC(N)=O)[C@H](C)[C@H](O)[C@H](C)C/C(C)=C\[C@H](C)[C@H](O)[C@H](C)/C=C\[C@H](O)C[C@@H]1OC(=O)[C@H](C)[C@H](O)[C@@H]1C. The van der Waals surface area contributed by atoms with Crippen LogP contribution in [-0.4, -0.2) is 69.1 Å². The monoisotopic (exact) mass is 593 g/mol. The minimum atomic E-state index is -0.894. The Balaban J connectivity index is 2.76. The minimum absolute atomic E-state index is 0.152. The summed E-state index contributed by atoms with van der Waals surface area (Å²) in [6.07, 6.45) is 6.04. The number of allylic oxidation sites excluding steroid dienone is 3. The molecule has 0 unspecified atom stereocenters. The number of carbonyl (C=O) groups is 2. The first-order valence-electron chi connectivity index (χ1n) is 15.0. The summed E-state index contributed by atoms with van der Waals surface area (Å²) in [5.74, 6) is -2.52. The Morgan fingerprint density at radius 1 is 1.02 bits per heavy atom. The summed E-state index contributed by atoms with van der Waals surface area (Å²) in [7, 11) is 0. The highest BCUT2D eigenvalue weighted by molar-refractivity contribution is 5.73. The maximum Gasteiger partial charge on any atom is 0.404 e. The van der Waals surface area contributed by atoms with Gasteiger partial charge in [-0.2, -0.15) is 0 Å². The molecule has 6 N–H and O–H groups in total. The standard InChI is InChI=1S/C33H55NO8/c1-10-11-12-20(4)31(42-33(34)40)24(8)29(37)22(6)16-18(2)15-21(5)28(36)19(3)13-14-26(35)17-27-23(7)30(38)25(9)32(39)41-27/h10-15,19-31,35-38H,1,16-17H2,2-9H3,(H2,34,40)/b12-11-,14-13-,18-15-/t19-,20+,21+,22-,23-,24-,25-,26+,27+,28-,29-,30-,31+/m1/s1. The lowest BCUT2D eigenvalue weighted by Gasteiger charge is -2.36. The third kappa shape index (κ3) is 11.3. The van der Waals surface area contributed by atoms with Crippen LogP contribution in [0.1, 0.15) is 68.2 Å². The number of primary amides is 1. The van der Waals surface area contributed by atoms with Crippen molar-refractivity contribution < 1.29 is 39.5 Å². The molecule has 13 atom stereocenters. The molecule has 0 radical (unpaired) electrons. The third-order valence-electron chi connectivity index (χ3n) is 8.62. The molecule has 1 fully saturated rings.